The Labute approximate surface area is 127 Å². The molecule has 1 amide bonds. The van der Waals surface area contributed by atoms with Gasteiger partial charge in [0.2, 0.25) is 5.91 Å². The molecule has 3 rings (SSSR count). The van der Waals surface area contributed by atoms with E-state index in [-0.39, 0.29) is 11.3 Å². The first-order valence-corrected chi connectivity index (χ1v) is 7.63. The molecule has 0 radical (unpaired) electrons. The molecule has 1 fully saturated rings. The molecule has 21 heavy (non-hydrogen) atoms. The van der Waals surface area contributed by atoms with E-state index < -0.39 is 0 Å². The van der Waals surface area contributed by atoms with Crippen LogP contribution in [0.1, 0.15) is 22.1 Å². The number of carbonyl (C=O) groups is 1. The van der Waals surface area contributed by atoms with Crippen LogP contribution >= 0.6 is 11.8 Å². The second-order valence-electron chi connectivity index (χ2n) is 4.78. The van der Waals surface area contributed by atoms with E-state index in [2.05, 4.69) is 11.1 Å². The quantitative estimate of drug-likeness (QED) is 0.873. The zero-order valence-corrected chi connectivity index (χ0v) is 12.1. The molecule has 1 aromatic heterocycles. The molecule has 4 nitrogen and oxygen atoms in total. The third-order valence-corrected chi connectivity index (χ3v) is 4.63. The zero-order valence-electron chi connectivity index (χ0n) is 11.3. The lowest BCUT2D eigenvalue weighted by molar-refractivity contribution is -0.128. The number of hydrogen-bond donors (Lipinski definition) is 0. The van der Waals surface area contributed by atoms with E-state index in [1.54, 1.807) is 30.2 Å². The van der Waals surface area contributed by atoms with E-state index >= 15 is 0 Å². The molecule has 104 valence electrons. The number of hydrogen-bond acceptors (Lipinski definition) is 4. The second-order valence-corrected chi connectivity index (χ2v) is 5.85. The normalized spacial score (nSPS) is 17.8. The Kier molecular flexibility index (Phi) is 3.89. The molecule has 0 saturated carbocycles. The van der Waals surface area contributed by atoms with Gasteiger partial charge in [-0.3, -0.25) is 9.78 Å². The number of amides is 1. The van der Waals surface area contributed by atoms with E-state index in [0.29, 0.717) is 17.9 Å². The number of carbonyl (C=O) groups excluding carboxylic acids is 1. The maximum Gasteiger partial charge on any atom is 0.234 e. The molecule has 2 aromatic rings. The van der Waals surface area contributed by atoms with Gasteiger partial charge in [-0.1, -0.05) is 12.1 Å². The zero-order chi connectivity index (χ0) is 14.7. The number of aromatic nitrogens is 1. The number of rotatable bonds is 3. The highest BCUT2D eigenvalue weighted by molar-refractivity contribution is 8.00. The van der Waals surface area contributed by atoms with Crippen LogP contribution in [0.5, 0.6) is 0 Å². The van der Waals surface area contributed by atoms with Crippen LogP contribution in [0.3, 0.4) is 0 Å². The summed E-state index contributed by atoms with van der Waals surface area (Å²) in [5.74, 6) is 0.608. The average molecular weight is 295 g/mol. The molecular weight excluding hydrogens is 282 g/mol. The Balaban J connectivity index is 1.87. The van der Waals surface area contributed by atoms with E-state index in [1.807, 2.05) is 35.2 Å². The first-order valence-electron chi connectivity index (χ1n) is 6.58. The van der Waals surface area contributed by atoms with Crippen molar-refractivity contribution in [3.8, 4) is 6.07 Å². The first-order chi connectivity index (χ1) is 10.3. The van der Waals surface area contributed by atoms with Crippen LogP contribution in [-0.2, 0) is 11.3 Å². The Bertz CT molecular complexity index is 696. The average Bonchev–Trinajstić information content (AvgIpc) is 2.89. The fraction of sp³-hybridized carbons (Fsp3) is 0.188. The molecule has 1 aromatic carbocycles. The van der Waals surface area contributed by atoms with Crippen LogP contribution in [0.4, 0.5) is 0 Å². The van der Waals surface area contributed by atoms with Gasteiger partial charge in [0.05, 0.1) is 17.4 Å². The van der Waals surface area contributed by atoms with Gasteiger partial charge in [0.15, 0.2) is 0 Å². The highest BCUT2D eigenvalue weighted by atomic mass is 32.2. The van der Waals surface area contributed by atoms with Crippen molar-refractivity contribution in [1.29, 1.82) is 5.26 Å². The minimum atomic E-state index is -0.0287. The van der Waals surface area contributed by atoms with Gasteiger partial charge in [-0.05, 0) is 35.4 Å². The van der Waals surface area contributed by atoms with Gasteiger partial charge in [0.1, 0.15) is 5.37 Å². The number of nitrogens with zero attached hydrogens (tertiary/aromatic N) is 3. The van der Waals surface area contributed by atoms with Crippen molar-refractivity contribution >= 4 is 17.7 Å². The summed E-state index contributed by atoms with van der Waals surface area (Å²) in [5, 5.41) is 8.98. The van der Waals surface area contributed by atoms with Crippen molar-refractivity contribution in [3.63, 3.8) is 0 Å². The molecule has 1 aliphatic heterocycles. The molecule has 0 aliphatic carbocycles. The number of nitriles is 1. The van der Waals surface area contributed by atoms with Crippen molar-refractivity contribution in [3.05, 3.63) is 65.5 Å². The van der Waals surface area contributed by atoms with Gasteiger partial charge in [0.25, 0.3) is 0 Å². The summed E-state index contributed by atoms with van der Waals surface area (Å²) in [6.07, 6.45) is 3.46. The molecule has 1 aliphatic rings. The van der Waals surface area contributed by atoms with Crippen molar-refractivity contribution in [2.75, 3.05) is 5.75 Å². The van der Waals surface area contributed by atoms with Crippen molar-refractivity contribution in [1.82, 2.24) is 9.88 Å². The molecular formula is C16H13N3OS. The molecule has 1 atom stereocenters. The lowest BCUT2D eigenvalue weighted by Gasteiger charge is -2.24. The van der Waals surface area contributed by atoms with Crippen molar-refractivity contribution in [2.45, 2.75) is 11.9 Å². The fourth-order valence-corrected chi connectivity index (χ4v) is 3.53. The van der Waals surface area contributed by atoms with E-state index in [1.165, 1.54) is 0 Å². The maximum atomic E-state index is 12.1. The highest BCUT2D eigenvalue weighted by Gasteiger charge is 2.32. The van der Waals surface area contributed by atoms with Crippen LogP contribution in [-0.4, -0.2) is 21.5 Å². The van der Waals surface area contributed by atoms with Gasteiger partial charge < -0.3 is 4.90 Å². The summed E-state index contributed by atoms with van der Waals surface area (Å²) < 4.78 is 0. The minimum absolute atomic E-state index is 0.0287. The van der Waals surface area contributed by atoms with Gasteiger partial charge in [-0.25, -0.2) is 0 Å². The number of benzene rings is 1. The second kappa shape index (κ2) is 5.98. The summed E-state index contributed by atoms with van der Waals surface area (Å²) in [4.78, 5) is 18.0. The van der Waals surface area contributed by atoms with E-state index in [4.69, 9.17) is 5.26 Å². The van der Waals surface area contributed by atoms with Crippen LogP contribution in [0, 0.1) is 11.3 Å². The Morgan fingerprint density at radius 1 is 1.33 bits per heavy atom. The van der Waals surface area contributed by atoms with Gasteiger partial charge in [-0.15, -0.1) is 11.8 Å². The number of thioether (sulfide) groups is 1. The van der Waals surface area contributed by atoms with E-state index in [0.717, 1.165) is 11.1 Å². The largest absolute Gasteiger partial charge is 0.322 e. The van der Waals surface area contributed by atoms with Gasteiger partial charge in [0, 0.05) is 18.9 Å². The summed E-state index contributed by atoms with van der Waals surface area (Å²) in [6.45, 7) is 0.565. The number of pyridine rings is 1. The van der Waals surface area contributed by atoms with Crippen molar-refractivity contribution < 1.29 is 4.79 Å². The third kappa shape index (κ3) is 2.91. The lowest BCUT2D eigenvalue weighted by Crippen LogP contribution is -2.27. The summed E-state index contributed by atoms with van der Waals surface area (Å²) in [5.41, 5.74) is 2.68. The third-order valence-electron chi connectivity index (χ3n) is 3.37. The van der Waals surface area contributed by atoms with Gasteiger partial charge >= 0.3 is 0 Å². The Hall–Kier alpha value is -2.32. The standard InChI is InChI=1S/C16H13N3OS/c17-9-13-2-1-3-14(8-13)16-19(15(20)11-21-16)10-12-4-6-18-7-5-12/h1-8,16H,10-11H2. The fourth-order valence-electron chi connectivity index (χ4n) is 2.35. The first kappa shape index (κ1) is 13.7. The molecule has 1 saturated heterocycles. The van der Waals surface area contributed by atoms with Crippen LogP contribution < -0.4 is 0 Å². The van der Waals surface area contributed by atoms with Crippen LogP contribution in [0.25, 0.3) is 0 Å². The Morgan fingerprint density at radius 2 is 2.14 bits per heavy atom. The smallest absolute Gasteiger partial charge is 0.234 e. The van der Waals surface area contributed by atoms with Crippen LogP contribution in [0.15, 0.2) is 48.8 Å². The minimum Gasteiger partial charge on any atom is -0.322 e. The topological polar surface area (TPSA) is 57.0 Å². The van der Waals surface area contributed by atoms with Crippen molar-refractivity contribution in [2.24, 2.45) is 0 Å². The van der Waals surface area contributed by atoms with Gasteiger partial charge in [-0.2, -0.15) is 5.26 Å². The highest BCUT2D eigenvalue weighted by Crippen LogP contribution is 2.39. The SMILES string of the molecule is N#Cc1cccc(C2SCC(=O)N2Cc2ccncc2)c1. The summed E-state index contributed by atoms with van der Waals surface area (Å²) in [7, 11) is 0. The summed E-state index contributed by atoms with van der Waals surface area (Å²) >= 11 is 1.60. The monoisotopic (exact) mass is 295 g/mol. The molecule has 0 bridgehead atoms. The molecule has 5 heteroatoms. The maximum absolute atomic E-state index is 12.1. The van der Waals surface area contributed by atoms with E-state index in [9.17, 15) is 4.79 Å². The lowest BCUT2D eigenvalue weighted by atomic mass is 10.1. The predicted molar refractivity (Wildman–Crippen MR) is 81.1 cm³/mol. The molecule has 0 N–H and O–H groups in total. The molecule has 1 unspecified atom stereocenters. The predicted octanol–water partition coefficient (Wildman–Crippen LogP) is 2.73. The molecule has 2 heterocycles. The Morgan fingerprint density at radius 3 is 2.90 bits per heavy atom. The van der Waals surface area contributed by atoms with Crippen LogP contribution in [0.2, 0.25) is 0 Å². The summed E-state index contributed by atoms with van der Waals surface area (Å²) in [6, 6.07) is 13.4. The molecule has 0 spiro atoms.